The van der Waals surface area contributed by atoms with Gasteiger partial charge in [0, 0.05) is 23.7 Å². The highest BCUT2D eigenvalue weighted by Crippen LogP contribution is 2.44. The Kier molecular flexibility index (Phi) is 7.65. The van der Waals surface area contributed by atoms with Crippen LogP contribution in [0.3, 0.4) is 0 Å². The van der Waals surface area contributed by atoms with Crippen molar-refractivity contribution in [3.63, 3.8) is 0 Å². The van der Waals surface area contributed by atoms with Gasteiger partial charge in [-0.1, -0.05) is 0 Å². The molecule has 0 saturated carbocycles. The molecule has 3 N–H and O–H groups in total. The zero-order valence-electron chi connectivity index (χ0n) is 22.5. The lowest BCUT2D eigenvalue weighted by atomic mass is 10.0. The second-order valence-electron chi connectivity index (χ2n) is 9.07. The smallest absolute Gasteiger partial charge is 0.433 e. The average molecular weight is 600 g/mol. The number of fused-ring (bicyclic) bond motifs is 1. The molecule has 0 bridgehead atoms. The fraction of sp³-hybridized carbons (Fsp3) is 0.214. The number of nitrogens with zero attached hydrogens (tertiary/aromatic N) is 3. The quantitative estimate of drug-likeness (QED) is 0.211. The molecule has 0 spiro atoms. The third-order valence-electron chi connectivity index (χ3n) is 6.30. The highest BCUT2D eigenvalue weighted by molar-refractivity contribution is 7.21. The number of anilines is 1. The molecule has 5 rings (SSSR count). The summed E-state index contributed by atoms with van der Waals surface area (Å²) in [5.74, 6) is -0.260. The predicted octanol–water partition coefficient (Wildman–Crippen LogP) is 6.04. The summed E-state index contributed by atoms with van der Waals surface area (Å²) in [7, 11) is 1.55. The number of aryl methyl sites for hydroxylation is 2. The van der Waals surface area contributed by atoms with E-state index >= 15 is 0 Å². The highest BCUT2D eigenvalue weighted by atomic mass is 32.1. The number of benzene rings is 1. The molecule has 42 heavy (non-hydrogen) atoms. The first-order chi connectivity index (χ1) is 20.0. The predicted molar refractivity (Wildman–Crippen MR) is 149 cm³/mol. The van der Waals surface area contributed by atoms with Crippen molar-refractivity contribution in [3.8, 4) is 22.6 Å². The Balaban J connectivity index is 1.51. The third kappa shape index (κ3) is 5.65. The molecule has 0 radical (unpaired) electrons. The minimum Gasteiger partial charge on any atom is -0.497 e. The van der Waals surface area contributed by atoms with E-state index in [1.807, 2.05) is 6.92 Å². The number of thiophene rings is 1. The molecule has 5 aromatic rings. The molecular weight excluding hydrogens is 575 g/mol. The lowest BCUT2D eigenvalue weighted by Gasteiger charge is -2.11. The monoisotopic (exact) mass is 599 g/mol. The molecule has 2 amide bonds. The minimum atomic E-state index is -4.77. The van der Waals surface area contributed by atoms with Gasteiger partial charge in [0.15, 0.2) is 5.76 Å². The molecule has 0 aliphatic rings. The van der Waals surface area contributed by atoms with Crippen LogP contribution in [0.2, 0.25) is 0 Å². The van der Waals surface area contributed by atoms with Gasteiger partial charge in [0.25, 0.3) is 11.8 Å². The molecule has 10 nitrogen and oxygen atoms in total. The van der Waals surface area contributed by atoms with Gasteiger partial charge in [-0.3, -0.25) is 14.3 Å². The number of hydrogen-bond donors (Lipinski definition) is 2. The summed E-state index contributed by atoms with van der Waals surface area (Å²) < 4.78 is 59.5. The van der Waals surface area contributed by atoms with Crippen molar-refractivity contribution in [2.75, 3.05) is 12.4 Å². The Morgan fingerprint density at radius 3 is 2.45 bits per heavy atom. The van der Waals surface area contributed by atoms with Crippen LogP contribution < -0.4 is 20.5 Å². The number of methoxy groups -OCH3 is 1. The molecular formula is C28H24F3N5O5S. The largest absolute Gasteiger partial charge is 0.497 e. The van der Waals surface area contributed by atoms with Crippen LogP contribution in [0.25, 0.3) is 21.3 Å². The SMILES string of the molecule is CCn1cc(-c2cc(C(F)(F)F)nc3sc(C(N)=O)c(NC(=O)c4ccc(COc5ccc(OC)cc5)o4)c23)c(C)n1. The van der Waals surface area contributed by atoms with Gasteiger partial charge in [-0.25, -0.2) is 4.98 Å². The number of carbonyl (C=O) groups is 2. The summed E-state index contributed by atoms with van der Waals surface area (Å²) in [5.41, 5.74) is 5.29. The zero-order chi connectivity index (χ0) is 30.2. The maximum absolute atomic E-state index is 13.8. The number of aromatic nitrogens is 3. The van der Waals surface area contributed by atoms with Crippen molar-refractivity contribution in [2.24, 2.45) is 5.73 Å². The average Bonchev–Trinajstić information content (AvgIpc) is 3.68. The van der Waals surface area contributed by atoms with Crippen LogP contribution in [0.4, 0.5) is 18.9 Å². The number of carbonyl (C=O) groups excluding carboxylic acids is 2. The van der Waals surface area contributed by atoms with Crippen LogP contribution in [0.5, 0.6) is 11.5 Å². The van der Waals surface area contributed by atoms with E-state index in [-0.39, 0.29) is 38.7 Å². The molecule has 0 saturated heterocycles. The first-order valence-electron chi connectivity index (χ1n) is 12.5. The molecule has 218 valence electrons. The highest BCUT2D eigenvalue weighted by Gasteiger charge is 2.35. The molecule has 0 unspecified atom stereocenters. The van der Waals surface area contributed by atoms with Gasteiger partial charge in [-0.05, 0) is 61.9 Å². The van der Waals surface area contributed by atoms with Crippen LogP contribution in [-0.4, -0.2) is 33.7 Å². The Labute approximate surface area is 240 Å². The molecule has 14 heteroatoms. The first kappa shape index (κ1) is 28.7. The van der Waals surface area contributed by atoms with E-state index < -0.39 is 23.7 Å². The standard InChI is InChI=1S/C28H24F3N5O5S/c1-4-36-12-19(14(2)35-36)18-11-21(28(29,30)31)33-27-22(18)23(24(42-27)25(32)37)34-26(38)20-10-9-17(41-20)13-40-16-7-5-15(39-3)6-8-16/h5-12H,4,13H2,1-3H3,(H2,32,37)(H,34,38). The Hall–Kier alpha value is -4.85. The van der Waals surface area contributed by atoms with E-state index in [0.29, 0.717) is 46.4 Å². The Bertz CT molecular complexity index is 1790. The van der Waals surface area contributed by atoms with Crippen LogP contribution >= 0.6 is 11.3 Å². The van der Waals surface area contributed by atoms with Crippen LogP contribution in [-0.2, 0) is 19.3 Å². The van der Waals surface area contributed by atoms with Gasteiger partial charge < -0.3 is 24.9 Å². The lowest BCUT2D eigenvalue weighted by Crippen LogP contribution is -2.16. The van der Waals surface area contributed by atoms with E-state index in [2.05, 4.69) is 15.4 Å². The van der Waals surface area contributed by atoms with Crippen molar-refractivity contribution < 1.29 is 36.7 Å². The molecule has 4 heterocycles. The number of ether oxygens (including phenoxy) is 2. The van der Waals surface area contributed by atoms with Gasteiger partial charge in [0.1, 0.15) is 39.3 Å². The summed E-state index contributed by atoms with van der Waals surface area (Å²) in [6.45, 7) is 3.98. The Morgan fingerprint density at radius 2 is 1.83 bits per heavy atom. The summed E-state index contributed by atoms with van der Waals surface area (Å²) >= 11 is 0.653. The van der Waals surface area contributed by atoms with Gasteiger partial charge in [-0.15, -0.1) is 11.3 Å². The normalized spacial score (nSPS) is 11.6. The maximum Gasteiger partial charge on any atom is 0.433 e. The first-order valence-corrected chi connectivity index (χ1v) is 13.4. The van der Waals surface area contributed by atoms with E-state index in [0.717, 1.165) is 6.07 Å². The van der Waals surface area contributed by atoms with Crippen molar-refractivity contribution in [3.05, 3.63) is 76.4 Å². The number of nitrogens with two attached hydrogens (primary N) is 1. The number of primary amides is 1. The summed E-state index contributed by atoms with van der Waals surface area (Å²) in [6.07, 6.45) is -3.17. The van der Waals surface area contributed by atoms with Gasteiger partial charge in [-0.2, -0.15) is 18.3 Å². The van der Waals surface area contributed by atoms with Crippen LogP contribution in [0.1, 0.15) is 44.3 Å². The number of amides is 2. The lowest BCUT2D eigenvalue weighted by molar-refractivity contribution is -0.140. The molecule has 4 aromatic heterocycles. The summed E-state index contributed by atoms with van der Waals surface area (Å²) in [6, 6.07) is 10.7. The van der Waals surface area contributed by atoms with Gasteiger partial charge in [0.05, 0.1) is 18.5 Å². The molecule has 0 fully saturated rings. The molecule has 0 aliphatic carbocycles. The number of nitrogens with one attached hydrogen (secondary N) is 1. The number of halogens is 3. The molecule has 1 aromatic carbocycles. The van der Waals surface area contributed by atoms with Gasteiger partial charge in [0.2, 0.25) is 0 Å². The van der Waals surface area contributed by atoms with E-state index in [4.69, 9.17) is 19.6 Å². The number of pyridine rings is 1. The minimum absolute atomic E-state index is 0.0164. The summed E-state index contributed by atoms with van der Waals surface area (Å²) in [5, 5.41) is 7.08. The van der Waals surface area contributed by atoms with Gasteiger partial charge >= 0.3 is 6.18 Å². The van der Waals surface area contributed by atoms with Crippen molar-refractivity contribution in [1.82, 2.24) is 14.8 Å². The fourth-order valence-corrected chi connectivity index (χ4v) is 5.28. The second-order valence-corrected chi connectivity index (χ2v) is 10.1. The third-order valence-corrected chi connectivity index (χ3v) is 7.40. The van der Waals surface area contributed by atoms with E-state index in [1.54, 1.807) is 55.2 Å². The topological polar surface area (TPSA) is 134 Å². The maximum atomic E-state index is 13.8. The second kappa shape index (κ2) is 11.2. The molecule has 0 aliphatic heterocycles. The number of rotatable bonds is 9. The zero-order valence-corrected chi connectivity index (χ0v) is 23.4. The van der Waals surface area contributed by atoms with Crippen molar-refractivity contribution in [1.29, 1.82) is 0 Å². The van der Waals surface area contributed by atoms with Crippen LogP contribution in [0.15, 0.2) is 53.1 Å². The van der Waals surface area contributed by atoms with E-state index in [9.17, 15) is 22.8 Å². The molecule has 0 atom stereocenters. The fourth-order valence-electron chi connectivity index (χ4n) is 4.27. The number of hydrogen-bond acceptors (Lipinski definition) is 8. The number of alkyl halides is 3. The number of furan rings is 1. The Morgan fingerprint density at radius 1 is 1.12 bits per heavy atom. The van der Waals surface area contributed by atoms with Crippen molar-refractivity contribution >= 4 is 39.1 Å². The van der Waals surface area contributed by atoms with E-state index in [1.165, 1.54) is 6.07 Å². The van der Waals surface area contributed by atoms with Crippen molar-refractivity contribution in [2.45, 2.75) is 33.2 Å². The van der Waals surface area contributed by atoms with Crippen LogP contribution in [0, 0.1) is 6.92 Å². The summed E-state index contributed by atoms with van der Waals surface area (Å²) in [4.78, 5) is 29.1.